The zero-order valence-corrected chi connectivity index (χ0v) is 17.7. The number of halogens is 1. The fraction of sp³-hybridized carbons (Fsp3) is 0.167. The maximum absolute atomic E-state index is 12.7. The molecule has 30 heavy (non-hydrogen) atoms. The number of rotatable bonds is 7. The van der Waals surface area contributed by atoms with Crippen LogP contribution in [0.5, 0.6) is 11.5 Å². The summed E-state index contributed by atoms with van der Waals surface area (Å²) in [6.45, 7) is 0. The summed E-state index contributed by atoms with van der Waals surface area (Å²) >= 11 is 7.15. The molecule has 2 aromatic carbocycles. The van der Waals surface area contributed by atoms with Crippen molar-refractivity contribution in [3.63, 3.8) is 0 Å². The van der Waals surface area contributed by atoms with Gasteiger partial charge in [-0.25, -0.2) is 0 Å². The number of aryl methyl sites for hydroxylation is 1. The van der Waals surface area contributed by atoms with E-state index in [9.17, 15) is 14.9 Å². The van der Waals surface area contributed by atoms with E-state index in [0.29, 0.717) is 32.3 Å². The third kappa shape index (κ3) is 4.47. The van der Waals surface area contributed by atoms with Crippen LogP contribution in [0.2, 0.25) is 5.02 Å². The fourth-order valence-electron chi connectivity index (χ4n) is 2.50. The van der Waals surface area contributed by atoms with Crippen LogP contribution in [0.1, 0.15) is 10.4 Å². The molecule has 0 radical (unpaired) electrons. The lowest BCUT2D eigenvalue weighted by Gasteiger charge is -2.13. The van der Waals surface area contributed by atoms with Gasteiger partial charge in [0.05, 0.1) is 34.7 Å². The van der Waals surface area contributed by atoms with E-state index in [0.717, 1.165) is 11.8 Å². The monoisotopic (exact) mass is 449 g/mol. The minimum absolute atomic E-state index is 0.0972. The number of nitro benzene ring substituents is 1. The van der Waals surface area contributed by atoms with Crippen LogP contribution in [-0.2, 0) is 7.05 Å². The number of nitrogens with one attached hydrogen (secondary N) is 1. The Morgan fingerprint density at radius 3 is 2.57 bits per heavy atom. The highest BCUT2D eigenvalue weighted by atomic mass is 35.5. The molecule has 0 aliphatic rings. The van der Waals surface area contributed by atoms with Crippen molar-refractivity contribution in [1.29, 1.82) is 0 Å². The number of hydrogen-bond acceptors (Lipinski definition) is 8. The molecule has 0 spiro atoms. The molecule has 156 valence electrons. The average Bonchev–Trinajstić information content (AvgIpc) is 3.13. The molecule has 1 heterocycles. The molecule has 12 heteroatoms. The Morgan fingerprint density at radius 2 is 1.97 bits per heavy atom. The predicted octanol–water partition coefficient (Wildman–Crippen LogP) is 3.80. The van der Waals surface area contributed by atoms with E-state index in [-0.39, 0.29) is 11.3 Å². The second kappa shape index (κ2) is 9.01. The summed E-state index contributed by atoms with van der Waals surface area (Å²) in [6, 6.07) is 7.19. The molecule has 10 nitrogen and oxygen atoms in total. The van der Waals surface area contributed by atoms with Crippen molar-refractivity contribution in [2.24, 2.45) is 7.05 Å². The first-order valence-electron chi connectivity index (χ1n) is 8.37. The Labute approximate surface area is 180 Å². The van der Waals surface area contributed by atoms with Gasteiger partial charge in [0.15, 0.2) is 5.16 Å². The lowest BCUT2D eigenvalue weighted by atomic mass is 10.1. The molecule has 3 rings (SSSR count). The minimum Gasteiger partial charge on any atom is -0.495 e. The first-order valence-corrected chi connectivity index (χ1v) is 9.56. The van der Waals surface area contributed by atoms with Gasteiger partial charge in [-0.1, -0.05) is 11.6 Å². The highest BCUT2D eigenvalue weighted by Crippen LogP contribution is 2.37. The van der Waals surface area contributed by atoms with E-state index in [1.165, 1.54) is 50.9 Å². The number of nitrogens with zero attached hydrogens (tertiary/aromatic N) is 4. The number of methoxy groups -OCH3 is 2. The normalized spacial score (nSPS) is 10.5. The highest BCUT2D eigenvalue weighted by molar-refractivity contribution is 7.99. The van der Waals surface area contributed by atoms with Gasteiger partial charge in [0.1, 0.15) is 17.8 Å². The molecule has 0 bridgehead atoms. The van der Waals surface area contributed by atoms with Crippen LogP contribution in [0.15, 0.2) is 46.7 Å². The number of carbonyl (C=O) groups excluding carboxylic acids is 1. The average molecular weight is 450 g/mol. The summed E-state index contributed by atoms with van der Waals surface area (Å²) in [5.74, 6) is 0.100. The van der Waals surface area contributed by atoms with E-state index < -0.39 is 10.8 Å². The quantitative estimate of drug-likeness (QED) is 0.427. The summed E-state index contributed by atoms with van der Waals surface area (Å²) in [7, 11) is 4.59. The Hall–Kier alpha value is -3.31. The van der Waals surface area contributed by atoms with Crippen molar-refractivity contribution in [3.05, 3.63) is 57.4 Å². The van der Waals surface area contributed by atoms with Crippen LogP contribution < -0.4 is 14.8 Å². The van der Waals surface area contributed by atoms with Crippen LogP contribution in [-0.4, -0.2) is 39.8 Å². The zero-order chi connectivity index (χ0) is 21.8. The smallest absolute Gasteiger partial charge is 0.284 e. The summed E-state index contributed by atoms with van der Waals surface area (Å²) in [5, 5.41) is 22.7. The zero-order valence-electron chi connectivity index (χ0n) is 16.1. The second-order valence-electron chi connectivity index (χ2n) is 5.91. The van der Waals surface area contributed by atoms with Crippen LogP contribution in [0.25, 0.3) is 0 Å². The summed E-state index contributed by atoms with van der Waals surface area (Å²) < 4.78 is 12.0. The van der Waals surface area contributed by atoms with Crippen LogP contribution in [0, 0.1) is 10.1 Å². The van der Waals surface area contributed by atoms with E-state index in [2.05, 4.69) is 15.5 Å². The summed E-state index contributed by atoms with van der Waals surface area (Å²) in [5.41, 5.74) is 0.181. The molecule has 1 amide bonds. The van der Waals surface area contributed by atoms with Gasteiger partial charge in [0.2, 0.25) is 0 Å². The third-order valence-corrected chi connectivity index (χ3v) is 5.42. The van der Waals surface area contributed by atoms with Crippen molar-refractivity contribution in [3.8, 4) is 11.5 Å². The lowest BCUT2D eigenvalue weighted by Crippen LogP contribution is -2.13. The Bertz CT molecular complexity index is 1120. The van der Waals surface area contributed by atoms with Crippen molar-refractivity contribution in [2.75, 3.05) is 19.5 Å². The van der Waals surface area contributed by atoms with Crippen LogP contribution >= 0.6 is 23.4 Å². The molecular weight excluding hydrogens is 434 g/mol. The molecule has 0 atom stereocenters. The maximum atomic E-state index is 12.7. The number of hydrogen-bond donors (Lipinski definition) is 1. The molecule has 0 aliphatic heterocycles. The second-order valence-corrected chi connectivity index (χ2v) is 7.32. The predicted molar refractivity (Wildman–Crippen MR) is 111 cm³/mol. The molecule has 1 N–H and O–H groups in total. The van der Waals surface area contributed by atoms with Gasteiger partial charge in [0, 0.05) is 30.8 Å². The van der Waals surface area contributed by atoms with Crippen LogP contribution in [0.3, 0.4) is 0 Å². The van der Waals surface area contributed by atoms with E-state index in [1.54, 1.807) is 11.6 Å². The highest BCUT2D eigenvalue weighted by Gasteiger charge is 2.21. The fourth-order valence-corrected chi connectivity index (χ4v) is 3.58. The van der Waals surface area contributed by atoms with E-state index in [1.807, 2.05) is 0 Å². The molecular formula is C18H16ClN5O5S. The SMILES string of the molecule is COc1cc(NC(=O)c2ccc(Sc3nncn3C)c([N+](=O)[O-])c2)c(OC)cc1Cl. The van der Waals surface area contributed by atoms with Gasteiger partial charge in [-0.2, -0.15) is 0 Å². The van der Waals surface area contributed by atoms with Crippen molar-refractivity contribution >= 4 is 40.6 Å². The van der Waals surface area contributed by atoms with Gasteiger partial charge in [-0.3, -0.25) is 14.9 Å². The molecule has 0 fully saturated rings. The number of benzene rings is 2. The third-order valence-electron chi connectivity index (χ3n) is 4.01. The lowest BCUT2D eigenvalue weighted by molar-refractivity contribution is -0.387. The largest absolute Gasteiger partial charge is 0.495 e. The number of amides is 1. The van der Waals surface area contributed by atoms with Gasteiger partial charge < -0.3 is 19.4 Å². The van der Waals surface area contributed by atoms with Gasteiger partial charge in [-0.05, 0) is 23.9 Å². The number of nitro groups is 1. The first kappa shape index (κ1) is 21.4. The van der Waals surface area contributed by atoms with Gasteiger partial charge in [-0.15, -0.1) is 10.2 Å². The Kier molecular flexibility index (Phi) is 6.43. The Balaban J connectivity index is 1.91. The van der Waals surface area contributed by atoms with E-state index in [4.69, 9.17) is 21.1 Å². The van der Waals surface area contributed by atoms with Gasteiger partial charge >= 0.3 is 0 Å². The molecule has 0 aliphatic carbocycles. The van der Waals surface area contributed by atoms with Crippen molar-refractivity contribution < 1.29 is 19.2 Å². The minimum atomic E-state index is -0.559. The first-order chi connectivity index (χ1) is 14.3. The standard InChI is InChI=1S/C18H16ClN5O5S/c1-23-9-20-22-18(23)30-16-5-4-10(6-13(16)24(26)27)17(25)21-12-8-14(28-2)11(19)7-15(12)29-3/h4-9H,1-3H3,(H,21,25). The number of carbonyl (C=O) groups is 1. The molecule has 0 saturated carbocycles. The molecule has 0 unspecified atom stereocenters. The van der Waals surface area contributed by atoms with Crippen LogP contribution in [0.4, 0.5) is 11.4 Å². The number of ether oxygens (including phenoxy) is 2. The summed E-state index contributed by atoms with van der Waals surface area (Å²) in [6.07, 6.45) is 1.49. The topological polar surface area (TPSA) is 121 Å². The maximum Gasteiger partial charge on any atom is 0.284 e. The van der Waals surface area contributed by atoms with Crippen molar-refractivity contribution in [1.82, 2.24) is 14.8 Å². The number of aromatic nitrogens is 3. The van der Waals surface area contributed by atoms with Crippen molar-refractivity contribution in [2.45, 2.75) is 10.1 Å². The number of anilines is 1. The van der Waals surface area contributed by atoms with E-state index >= 15 is 0 Å². The summed E-state index contributed by atoms with van der Waals surface area (Å²) in [4.78, 5) is 24.1. The Morgan fingerprint density at radius 1 is 1.23 bits per heavy atom. The van der Waals surface area contributed by atoms with Gasteiger partial charge in [0.25, 0.3) is 11.6 Å². The molecule has 3 aromatic rings. The molecule has 0 saturated heterocycles. The molecule has 1 aromatic heterocycles.